The van der Waals surface area contributed by atoms with Gasteiger partial charge in [0.05, 0.1) is 11.5 Å². The van der Waals surface area contributed by atoms with Crippen LogP contribution in [0.3, 0.4) is 0 Å². The van der Waals surface area contributed by atoms with E-state index in [0.717, 1.165) is 37.7 Å². The van der Waals surface area contributed by atoms with Gasteiger partial charge in [-0.15, -0.1) is 0 Å². The van der Waals surface area contributed by atoms with Gasteiger partial charge in [0, 0.05) is 24.2 Å². The Morgan fingerprint density at radius 3 is 1.78 bits per heavy atom. The Morgan fingerprint density at radius 1 is 0.804 bits per heavy atom. The van der Waals surface area contributed by atoms with Crippen molar-refractivity contribution in [2.45, 2.75) is 164 Å². The topological polar surface area (TPSA) is 139 Å². The van der Waals surface area contributed by atoms with Gasteiger partial charge in [-0.25, -0.2) is 13.1 Å². The van der Waals surface area contributed by atoms with Gasteiger partial charge < -0.3 is 20.5 Å². The van der Waals surface area contributed by atoms with Crippen molar-refractivity contribution in [3.63, 3.8) is 0 Å². The van der Waals surface area contributed by atoms with Crippen LogP contribution in [0.25, 0.3) is 0 Å². The summed E-state index contributed by atoms with van der Waals surface area (Å²) >= 11 is 0. The molecule has 0 aliphatic carbocycles. The SMILES string of the molecule is CCCCCCCCCCCCCCCCCC(=O)NS(=O)(=O)c1ccc(N)cc1.CN1[C@@H]2CC[C@H]1C[C@@H](OC(=O)C(CO)c1ccccc1)C2. The van der Waals surface area contributed by atoms with Crippen LogP contribution in [-0.2, 0) is 24.3 Å². The number of piperidine rings is 1. The first-order valence-corrected chi connectivity index (χ1v) is 21.1. The summed E-state index contributed by atoms with van der Waals surface area (Å²) in [5, 5.41) is 9.53. The van der Waals surface area contributed by atoms with Crippen LogP contribution in [0.2, 0.25) is 0 Å². The van der Waals surface area contributed by atoms with Crippen LogP contribution in [0.1, 0.15) is 147 Å². The zero-order valence-electron chi connectivity index (χ0n) is 31.3. The maximum Gasteiger partial charge on any atom is 0.316 e. The molecule has 2 saturated heterocycles. The van der Waals surface area contributed by atoms with Crippen LogP contribution >= 0.6 is 0 Å². The zero-order valence-corrected chi connectivity index (χ0v) is 32.1. The van der Waals surface area contributed by atoms with E-state index in [9.17, 15) is 23.1 Å². The van der Waals surface area contributed by atoms with Crippen molar-refractivity contribution in [1.82, 2.24) is 9.62 Å². The molecule has 2 bridgehead atoms. The Balaban J connectivity index is 0.000000291. The van der Waals surface area contributed by atoms with Gasteiger partial charge in [0.1, 0.15) is 12.0 Å². The molecule has 4 rings (SSSR count). The van der Waals surface area contributed by atoms with Gasteiger partial charge in [-0.05, 0) is 69.0 Å². The fraction of sp³-hybridized carbons (Fsp3) is 0.659. The molecule has 1 amide bonds. The maximum absolute atomic E-state index is 12.4. The lowest BCUT2D eigenvalue weighted by Gasteiger charge is -2.36. The van der Waals surface area contributed by atoms with Crippen molar-refractivity contribution in [3.8, 4) is 0 Å². The number of ether oxygens (including phenoxy) is 1. The number of sulfonamides is 1. The number of nitrogens with one attached hydrogen (secondary N) is 1. The second kappa shape index (κ2) is 23.6. The number of amides is 1. The number of fused-ring (bicyclic) bond motifs is 2. The smallest absolute Gasteiger partial charge is 0.316 e. The molecule has 2 aromatic rings. The average molecular weight is 728 g/mol. The van der Waals surface area contributed by atoms with E-state index in [4.69, 9.17) is 10.5 Å². The van der Waals surface area contributed by atoms with Crippen molar-refractivity contribution < 1.29 is 27.9 Å². The van der Waals surface area contributed by atoms with Crippen LogP contribution in [0, 0.1) is 0 Å². The molecule has 0 aromatic heterocycles. The fourth-order valence-electron chi connectivity index (χ4n) is 7.27. The number of carbonyl (C=O) groups is 2. The van der Waals surface area contributed by atoms with Crippen LogP contribution in [0.4, 0.5) is 5.69 Å². The Hall–Kier alpha value is -2.95. The Bertz CT molecular complexity index is 1360. The van der Waals surface area contributed by atoms with E-state index < -0.39 is 21.8 Å². The molecule has 2 aliphatic rings. The third kappa shape index (κ3) is 15.7. The molecule has 10 heteroatoms. The molecule has 2 heterocycles. The number of carbonyl (C=O) groups excluding carboxylic acids is 2. The highest BCUT2D eigenvalue weighted by molar-refractivity contribution is 7.90. The van der Waals surface area contributed by atoms with Crippen LogP contribution in [-0.4, -0.2) is 62.1 Å². The minimum absolute atomic E-state index is 0.00367. The third-order valence-electron chi connectivity index (χ3n) is 10.5. The van der Waals surface area contributed by atoms with Crippen LogP contribution < -0.4 is 10.5 Å². The molecule has 2 fully saturated rings. The summed E-state index contributed by atoms with van der Waals surface area (Å²) in [6.07, 6.45) is 23.4. The summed E-state index contributed by atoms with van der Waals surface area (Å²) in [5.74, 6) is -1.30. The molecule has 51 heavy (non-hydrogen) atoms. The lowest BCUT2D eigenvalue weighted by molar-refractivity contribution is -0.155. The highest BCUT2D eigenvalue weighted by Gasteiger charge is 2.40. The second-order valence-electron chi connectivity index (χ2n) is 14.5. The van der Waals surface area contributed by atoms with Gasteiger partial charge in [-0.3, -0.25) is 9.59 Å². The lowest BCUT2D eigenvalue weighted by atomic mass is 9.98. The molecule has 4 atom stereocenters. The van der Waals surface area contributed by atoms with Crippen LogP contribution in [0.15, 0.2) is 59.5 Å². The monoisotopic (exact) mass is 727 g/mol. The molecule has 0 radical (unpaired) electrons. The Kier molecular flexibility index (Phi) is 19.6. The molecule has 1 unspecified atom stereocenters. The van der Waals surface area contributed by atoms with Gasteiger partial charge >= 0.3 is 5.97 Å². The molecule has 286 valence electrons. The number of nitrogen functional groups attached to an aromatic ring is 1. The summed E-state index contributed by atoms with van der Waals surface area (Å²) in [5.41, 5.74) is 6.86. The summed E-state index contributed by atoms with van der Waals surface area (Å²) < 4.78 is 32.1. The fourth-order valence-corrected chi connectivity index (χ4v) is 8.28. The predicted octanol–water partition coefficient (Wildman–Crippen LogP) is 8.27. The number of aliphatic hydroxyl groups excluding tert-OH is 1. The van der Waals surface area contributed by atoms with Crippen LogP contribution in [0.5, 0.6) is 0 Å². The van der Waals surface area contributed by atoms with E-state index >= 15 is 0 Å². The third-order valence-corrected chi connectivity index (χ3v) is 11.8. The average Bonchev–Trinajstić information content (AvgIpc) is 3.30. The zero-order chi connectivity index (χ0) is 36.9. The number of nitrogens with zero attached hydrogens (tertiary/aromatic N) is 1. The van der Waals surface area contributed by atoms with E-state index in [2.05, 4.69) is 23.6 Å². The molecule has 2 aliphatic heterocycles. The van der Waals surface area contributed by atoms with Gasteiger partial charge in [0.2, 0.25) is 5.91 Å². The Morgan fingerprint density at radius 2 is 1.29 bits per heavy atom. The van der Waals surface area contributed by atoms with Crippen molar-refractivity contribution in [3.05, 3.63) is 60.2 Å². The number of unbranched alkanes of at least 4 members (excludes halogenated alkanes) is 14. The van der Waals surface area contributed by atoms with E-state index in [0.29, 0.717) is 17.8 Å². The Labute approximate surface area is 308 Å². The highest BCUT2D eigenvalue weighted by Crippen LogP contribution is 2.36. The standard InChI is InChI=1S/C24H42N2O3S.C17H23NO3/c1-2-3-4-5-6-7-8-9-10-11-12-13-14-15-16-17-24(27)26-30(28,29)23-20-18-22(25)19-21-23;1-18-13-7-8-14(18)10-15(9-13)21-17(20)16(11-19)12-5-3-2-4-6-12/h18-21H,2-17,25H2,1H3,(H,26,27);2-6,13-16,19H,7-11H2,1H3/t;13-,14+,15+,16?. The van der Waals surface area contributed by atoms with Gasteiger partial charge in [-0.2, -0.15) is 0 Å². The minimum atomic E-state index is -3.80. The first-order valence-electron chi connectivity index (χ1n) is 19.6. The predicted molar refractivity (Wildman–Crippen MR) is 206 cm³/mol. The normalized spacial score (nSPS) is 19.2. The van der Waals surface area contributed by atoms with E-state index in [1.54, 1.807) is 0 Å². The summed E-state index contributed by atoms with van der Waals surface area (Å²) in [7, 11) is -1.63. The number of hydrogen-bond acceptors (Lipinski definition) is 8. The number of aliphatic hydroxyl groups is 1. The number of esters is 1. The van der Waals surface area contributed by atoms with Crippen molar-refractivity contribution >= 4 is 27.6 Å². The van der Waals surface area contributed by atoms with Crippen molar-refractivity contribution in [1.29, 1.82) is 0 Å². The molecule has 2 aromatic carbocycles. The van der Waals surface area contributed by atoms with Gasteiger partial charge in [0.15, 0.2) is 0 Å². The lowest BCUT2D eigenvalue weighted by Crippen LogP contribution is -2.43. The summed E-state index contributed by atoms with van der Waals surface area (Å²) in [6.45, 7) is 2.05. The number of nitrogens with two attached hydrogens (primary N) is 1. The number of hydrogen-bond donors (Lipinski definition) is 3. The molecular weight excluding hydrogens is 663 g/mol. The van der Waals surface area contributed by atoms with Gasteiger partial charge in [0.25, 0.3) is 10.0 Å². The minimum Gasteiger partial charge on any atom is -0.462 e. The van der Waals surface area contributed by atoms with Crippen molar-refractivity contribution in [2.75, 3.05) is 19.4 Å². The summed E-state index contributed by atoms with van der Waals surface area (Å²) in [6, 6.07) is 16.3. The number of anilines is 1. The van der Waals surface area contributed by atoms with E-state index in [-0.39, 0.29) is 30.0 Å². The largest absolute Gasteiger partial charge is 0.462 e. The number of benzene rings is 2. The first-order chi connectivity index (χ1) is 24.6. The quantitative estimate of drug-likeness (QED) is 0.0626. The molecule has 9 nitrogen and oxygen atoms in total. The molecule has 0 saturated carbocycles. The maximum atomic E-state index is 12.4. The molecule has 0 spiro atoms. The first kappa shape index (κ1) is 42.5. The number of rotatable bonds is 22. The van der Waals surface area contributed by atoms with Crippen molar-refractivity contribution in [2.24, 2.45) is 0 Å². The molecule has 4 N–H and O–H groups in total. The molecular formula is C41H65N3O6S. The second-order valence-corrected chi connectivity index (χ2v) is 16.2. The van der Waals surface area contributed by atoms with E-state index in [1.807, 2.05) is 30.3 Å². The summed E-state index contributed by atoms with van der Waals surface area (Å²) in [4.78, 5) is 26.8. The van der Waals surface area contributed by atoms with E-state index in [1.165, 1.54) is 114 Å². The highest BCUT2D eigenvalue weighted by atomic mass is 32.2. The van der Waals surface area contributed by atoms with Gasteiger partial charge in [-0.1, -0.05) is 127 Å².